The van der Waals surface area contributed by atoms with Gasteiger partial charge in [-0.3, -0.25) is 13.9 Å². The topological polar surface area (TPSA) is 79.6 Å². The first-order chi connectivity index (χ1) is 12.3. The predicted octanol–water partition coefficient (Wildman–Crippen LogP) is 1.60. The van der Waals surface area contributed by atoms with E-state index in [-0.39, 0.29) is 17.8 Å². The number of hydrogen-bond acceptors (Lipinski definition) is 4. The molecule has 26 heavy (non-hydrogen) atoms. The lowest BCUT2D eigenvalue weighted by atomic mass is 10.2. The van der Waals surface area contributed by atoms with E-state index in [0.29, 0.717) is 23.7 Å². The van der Waals surface area contributed by atoms with Gasteiger partial charge in [-0.15, -0.1) is 0 Å². The van der Waals surface area contributed by atoms with Crippen LogP contribution < -0.4 is 11.2 Å². The van der Waals surface area contributed by atoms with E-state index in [0.717, 1.165) is 17.0 Å². The minimum atomic E-state index is -0.377. The fraction of sp³-hybridized carbons (Fsp3) is 0.444. The van der Waals surface area contributed by atoms with Gasteiger partial charge in [-0.2, -0.15) is 10.1 Å². The van der Waals surface area contributed by atoms with Gasteiger partial charge in [0, 0.05) is 25.8 Å². The SMILES string of the molecule is CC=CCn1c(=O)c2c(nc(-n3nc(C)c(C)c3C)n2CC)n(C)c1=O. The smallest absolute Gasteiger partial charge is 0.303 e. The van der Waals surface area contributed by atoms with Gasteiger partial charge in [0.05, 0.1) is 5.69 Å². The van der Waals surface area contributed by atoms with E-state index >= 15 is 0 Å². The van der Waals surface area contributed by atoms with Crippen molar-refractivity contribution in [1.82, 2.24) is 28.5 Å². The lowest BCUT2D eigenvalue weighted by molar-refractivity contribution is 0.657. The standard InChI is InChI=1S/C18H24N6O2/c1-7-9-10-23-16(25)14-15(21(6)18(23)26)19-17(22(14)8-2)24-13(5)11(3)12(4)20-24/h7,9H,8,10H2,1-6H3. The number of rotatable bonds is 4. The van der Waals surface area contributed by atoms with Gasteiger partial charge < -0.3 is 4.57 Å². The number of aryl methyl sites for hydroxylation is 3. The Balaban J connectivity index is 2.43. The molecule has 138 valence electrons. The molecule has 0 saturated heterocycles. The molecular formula is C18H24N6O2. The summed E-state index contributed by atoms with van der Waals surface area (Å²) in [4.78, 5) is 30.2. The second-order valence-corrected chi connectivity index (χ2v) is 6.36. The normalized spacial score (nSPS) is 11.9. The van der Waals surface area contributed by atoms with Gasteiger partial charge in [0.1, 0.15) is 0 Å². The van der Waals surface area contributed by atoms with Crippen molar-refractivity contribution in [2.45, 2.75) is 47.7 Å². The van der Waals surface area contributed by atoms with Crippen molar-refractivity contribution in [3.8, 4) is 5.95 Å². The minimum Gasteiger partial charge on any atom is -0.303 e. The molecule has 0 radical (unpaired) electrons. The van der Waals surface area contributed by atoms with Crippen molar-refractivity contribution in [1.29, 1.82) is 0 Å². The second kappa shape index (κ2) is 6.44. The van der Waals surface area contributed by atoms with Crippen LogP contribution in [0.1, 0.15) is 30.8 Å². The fourth-order valence-corrected chi connectivity index (χ4v) is 3.11. The van der Waals surface area contributed by atoms with Crippen molar-refractivity contribution in [2.24, 2.45) is 7.05 Å². The van der Waals surface area contributed by atoms with E-state index in [4.69, 9.17) is 0 Å². The molecule has 0 N–H and O–H groups in total. The Bertz CT molecular complexity index is 1140. The first-order valence-electron chi connectivity index (χ1n) is 8.67. The Hall–Kier alpha value is -2.90. The molecule has 0 aliphatic heterocycles. The molecule has 0 saturated carbocycles. The van der Waals surface area contributed by atoms with Crippen LogP contribution in [0.5, 0.6) is 0 Å². The summed E-state index contributed by atoms with van der Waals surface area (Å²) in [5.41, 5.74) is 3.04. The van der Waals surface area contributed by atoms with E-state index < -0.39 is 0 Å². The van der Waals surface area contributed by atoms with Crippen LogP contribution in [0.3, 0.4) is 0 Å². The van der Waals surface area contributed by atoms with Crippen LogP contribution in [0, 0.1) is 20.8 Å². The number of fused-ring (bicyclic) bond motifs is 1. The maximum atomic E-state index is 13.0. The molecule has 0 aliphatic rings. The van der Waals surface area contributed by atoms with E-state index in [9.17, 15) is 9.59 Å². The fourth-order valence-electron chi connectivity index (χ4n) is 3.11. The molecule has 8 heteroatoms. The summed E-state index contributed by atoms with van der Waals surface area (Å²) in [5.74, 6) is 0.548. The third-order valence-electron chi connectivity index (χ3n) is 4.89. The molecule has 0 fully saturated rings. The Labute approximate surface area is 151 Å². The molecule has 3 aromatic heterocycles. The first-order valence-corrected chi connectivity index (χ1v) is 8.67. The Morgan fingerprint density at radius 1 is 1.12 bits per heavy atom. The zero-order chi connectivity index (χ0) is 19.2. The molecule has 8 nitrogen and oxygen atoms in total. The number of nitrogens with zero attached hydrogens (tertiary/aromatic N) is 6. The van der Waals surface area contributed by atoms with Crippen LogP contribution in [0.25, 0.3) is 17.1 Å². The highest BCUT2D eigenvalue weighted by molar-refractivity contribution is 5.72. The zero-order valence-electron chi connectivity index (χ0n) is 16.1. The summed E-state index contributed by atoms with van der Waals surface area (Å²) in [7, 11) is 1.64. The summed E-state index contributed by atoms with van der Waals surface area (Å²) >= 11 is 0. The molecule has 3 aromatic rings. The third kappa shape index (κ3) is 2.44. The number of allylic oxidation sites excluding steroid dienone is 2. The van der Waals surface area contributed by atoms with Gasteiger partial charge in [0.25, 0.3) is 5.56 Å². The predicted molar refractivity (Wildman–Crippen MR) is 101 cm³/mol. The molecule has 0 atom stereocenters. The average Bonchev–Trinajstić information content (AvgIpc) is 3.13. The van der Waals surface area contributed by atoms with Crippen LogP contribution in [-0.4, -0.2) is 28.5 Å². The van der Waals surface area contributed by atoms with Crippen LogP contribution in [-0.2, 0) is 20.1 Å². The average molecular weight is 356 g/mol. The minimum absolute atomic E-state index is 0.237. The molecule has 0 unspecified atom stereocenters. The second-order valence-electron chi connectivity index (χ2n) is 6.36. The summed E-state index contributed by atoms with van der Waals surface area (Å²) in [5, 5.41) is 4.56. The molecule has 3 heterocycles. The highest BCUT2D eigenvalue weighted by atomic mass is 16.2. The molecule has 0 amide bonds. The van der Waals surface area contributed by atoms with Gasteiger partial charge in [-0.05, 0) is 40.2 Å². The van der Waals surface area contributed by atoms with E-state index in [1.54, 1.807) is 17.8 Å². The Kier molecular flexibility index (Phi) is 4.43. The molecule has 0 bridgehead atoms. The molecule has 0 aromatic carbocycles. The molecule has 0 aliphatic carbocycles. The summed E-state index contributed by atoms with van der Waals surface area (Å²) in [6.07, 6.45) is 3.60. The highest BCUT2D eigenvalue weighted by Crippen LogP contribution is 2.19. The van der Waals surface area contributed by atoms with Crippen molar-refractivity contribution < 1.29 is 0 Å². The maximum Gasteiger partial charge on any atom is 0.332 e. The number of hydrogen-bond donors (Lipinski definition) is 0. The largest absolute Gasteiger partial charge is 0.332 e. The summed E-state index contributed by atoms with van der Waals surface area (Å²) in [6.45, 7) is 10.5. The van der Waals surface area contributed by atoms with Gasteiger partial charge >= 0.3 is 5.69 Å². The van der Waals surface area contributed by atoms with Crippen LogP contribution in [0.2, 0.25) is 0 Å². The van der Waals surface area contributed by atoms with Crippen molar-refractivity contribution >= 4 is 11.2 Å². The van der Waals surface area contributed by atoms with Gasteiger partial charge in [0.2, 0.25) is 5.95 Å². The van der Waals surface area contributed by atoms with Crippen LogP contribution >= 0.6 is 0 Å². The van der Waals surface area contributed by atoms with Gasteiger partial charge in [-0.25, -0.2) is 9.48 Å². The summed E-state index contributed by atoms with van der Waals surface area (Å²) < 4.78 is 6.22. The lowest BCUT2D eigenvalue weighted by Gasteiger charge is -2.08. The van der Waals surface area contributed by atoms with Crippen molar-refractivity contribution in [2.75, 3.05) is 0 Å². The quantitative estimate of drug-likeness (QED) is 0.665. The van der Waals surface area contributed by atoms with Crippen molar-refractivity contribution in [3.63, 3.8) is 0 Å². The van der Waals surface area contributed by atoms with Crippen LogP contribution in [0.15, 0.2) is 21.7 Å². The van der Waals surface area contributed by atoms with E-state index in [2.05, 4.69) is 10.1 Å². The molecule has 3 rings (SSSR count). The first kappa shape index (κ1) is 17.9. The molecular weight excluding hydrogens is 332 g/mol. The maximum absolute atomic E-state index is 13.0. The lowest BCUT2D eigenvalue weighted by Crippen LogP contribution is -2.39. The number of imidazole rings is 1. The van der Waals surface area contributed by atoms with Gasteiger partial charge in [0.15, 0.2) is 11.2 Å². The molecule has 0 spiro atoms. The van der Waals surface area contributed by atoms with Crippen LogP contribution in [0.4, 0.5) is 0 Å². The van der Waals surface area contributed by atoms with Crippen molar-refractivity contribution in [3.05, 3.63) is 49.9 Å². The summed E-state index contributed by atoms with van der Waals surface area (Å²) in [6, 6.07) is 0. The van der Waals surface area contributed by atoms with E-state index in [1.165, 1.54) is 9.13 Å². The highest BCUT2D eigenvalue weighted by Gasteiger charge is 2.22. The monoisotopic (exact) mass is 356 g/mol. The number of aromatic nitrogens is 6. The third-order valence-corrected chi connectivity index (χ3v) is 4.89. The van der Waals surface area contributed by atoms with Gasteiger partial charge in [-0.1, -0.05) is 12.2 Å². The Morgan fingerprint density at radius 3 is 2.35 bits per heavy atom. The zero-order valence-corrected chi connectivity index (χ0v) is 16.1. The van der Waals surface area contributed by atoms with E-state index in [1.807, 2.05) is 45.3 Å². The Morgan fingerprint density at radius 2 is 1.81 bits per heavy atom.